The number of carboxylic acids is 1. The fourth-order valence-corrected chi connectivity index (χ4v) is 4.11. The number of carbonyl (C=O) groups is 4. The van der Waals surface area contributed by atoms with Gasteiger partial charge in [0.1, 0.15) is 18.1 Å². The summed E-state index contributed by atoms with van der Waals surface area (Å²) >= 11 is 0. The molecule has 4 unspecified atom stereocenters. The molecule has 12 heteroatoms. The Hall–Kier alpha value is -4.45. The minimum atomic E-state index is -1.22. The van der Waals surface area contributed by atoms with E-state index in [2.05, 4.69) is 20.9 Å². The Balaban J connectivity index is 2.14. The quantitative estimate of drug-likeness (QED) is 0.0833. The molecule has 2 rings (SSSR count). The third-order valence-corrected chi connectivity index (χ3v) is 6.36. The summed E-state index contributed by atoms with van der Waals surface area (Å²) in [6.45, 7) is 3.65. The first kappa shape index (κ1) is 32.8. The average Bonchev–Trinajstić information content (AvgIpc) is 2.93. The van der Waals surface area contributed by atoms with Crippen LogP contribution in [0.1, 0.15) is 37.8 Å². The lowest BCUT2D eigenvalue weighted by Crippen LogP contribution is -2.59. The zero-order valence-electron chi connectivity index (χ0n) is 23.5. The molecule has 0 bridgehead atoms. The Morgan fingerprint density at radius 3 is 1.83 bits per heavy atom. The summed E-state index contributed by atoms with van der Waals surface area (Å²) in [7, 11) is 0. The average molecular weight is 568 g/mol. The molecule has 12 nitrogen and oxygen atoms in total. The van der Waals surface area contributed by atoms with Crippen molar-refractivity contribution in [1.82, 2.24) is 16.0 Å². The van der Waals surface area contributed by atoms with Gasteiger partial charge in [0.05, 0.1) is 6.04 Å². The van der Waals surface area contributed by atoms with Crippen LogP contribution < -0.4 is 33.2 Å². The topological polar surface area (TPSA) is 215 Å². The lowest BCUT2D eigenvalue weighted by Gasteiger charge is -2.27. The maximum atomic E-state index is 13.5. The molecule has 4 atom stereocenters. The lowest BCUT2D eigenvalue weighted by molar-refractivity contribution is -0.142. The number of nitrogens with zero attached hydrogens (tertiary/aromatic N) is 1. The van der Waals surface area contributed by atoms with E-state index < -0.39 is 47.9 Å². The highest BCUT2D eigenvalue weighted by molar-refractivity contribution is 5.94. The van der Waals surface area contributed by atoms with Gasteiger partial charge in [-0.15, -0.1) is 0 Å². The molecule has 0 saturated carbocycles. The standard InChI is InChI=1S/C29H41N7O5/c1-18(2)24(27(39)34-22(28(40)41)14-9-15-33-29(31)32)36-26(38)23(17-20-12-7-4-8-13-20)35-25(37)21(30)16-19-10-5-3-6-11-19/h3-8,10-13,18,21-24H,9,14-17,30H2,1-2H3,(H,34,39)(H,35,37)(H,36,38)(H,40,41)(H4,31,32,33). The van der Waals surface area contributed by atoms with Crippen LogP contribution in [0.5, 0.6) is 0 Å². The number of hydrogen-bond donors (Lipinski definition) is 7. The number of rotatable bonds is 16. The fraction of sp³-hybridized carbons (Fsp3) is 0.414. The van der Waals surface area contributed by atoms with Gasteiger partial charge < -0.3 is 38.3 Å². The summed E-state index contributed by atoms with van der Waals surface area (Å²) in [5.41, 5.74) is 18.4. The smallest absolute Gasteiger partial charge is 0.326 e. The molecule has 0 aliphatic rings. The van der Waals surface area contributed by atoms with Crippen LogP contribution in [0, 0.1) is 5.92 Å². The van der Waals surface area contributed by atoms with Crippen LogP contribution >= 0.6 is 0 Å². The van der Waals surface area contributed by atoms with Crippen LogP contribution in [0.4, 0.5) is 0 Å². The van der Waals surface area contributed by atoms with Crippen molar-refractivity contribution in [1.29, 1.82) is 0 Å². The lowest BCUT2D eigenvalue weighted by atomic mass is 9.99. The van der Waals surface area contributed by atoms with Crippen molar-refractivity contribution in [3.8, 4) is 0 Å². The molecule has 0 aromatic heterocycles. The first-order valence-corrected chi connectivity index (χ1v) is 13.5. The molecule has 0 spiro atoms. The van der Waals surface area contributed by atoms with Crippen LogP contribution in [0.3, 0.4) is 0 Å². The van der Waals surface area contributed by atoms with Crippen molar-refractivity contribution in [2.24, 2.45) is 28.1 Å². The summed E-state index contributed by atoms with van der Waals surface area (Å²) < 4.78 is 0. The van der Waals surface area contributed by atoms with Crippen LogP contribution in [0.25, 0.3) is 0 Å². The van der Waals surface area contributed by atoms with Crippen molar-refractivity contribution >= 4 is 29.7 Å². The molecule has 2 aromatic carbocycles. The normalized spacial score (nSPS) is 13.8. The van der Waals surface area contributed by atoms with Crippen molar-refractivity contribution in [2.75, 3.05) is 6.54 Å². The number of amides is 3. The van der Waals surface area contributed by atoms with E-state index in [9.17, 15) is 24.3 Å². The van der Waals surface area contributed by atoms with Crippen molar-refractivity contribution in [3.05, 3.63) is 71.8 Å². The number of nitrogens with two attached hydrogens (primary N) is 3. The molecule has 2 aromatic rings. The van der Waals surface area contributed by atoms with Crippen molar-refractivity contribution in [2.45, 2.75) is 63.7 Å². The van der Waals surface area contributed by atoms with E-state index >= 15 is 0 Å². The number of hydrogen-bond acceptors (Lipinski definition) is 6. The second-order valence-corrected chi connectivity index (χ2v) is 10.1. The van der Waals surface area contributed by atoms with E-state index in [0.717, 1.165) is 11.1 Å². The molecule has 0 saturated heterocycles. The minimum Gasteiger partial charge on any atom is -0.480 e. The van der Waals surface area contributed by atoms with E-state index in [1.807, 2.05) is 60.7 Å². The van der Waals surface area contributed by atoms with Gasteiger partial charge in [-0.25, -0.2) is 4.79 Å². The number of aliphatic carboxylic acids is 1. The van der Waals surface area contributed by atoms with Gasteiger partial charge in [-0.3, -0.25) is 19.4 Å². The molecule has 0 aliphatic heterocycles. The molecular weight excluding hydrogens is 526 g/mol. The highest BCUT2D eigenvalue weighted by Crippen LogP contribution is 2.09. The Labute approximate surface area is 240 Å². The van der Waals surface area contributed by atoms with Crippen molar-refractivity contribution < 1.29 is 24.3 Å². The Bertz CT molecular complexity index is 1170. The largest absolute Gasteiger partial charge is 0.480 e. The van der Waals surface area contributed by atoms with Gasteiger partial charge in [0.2, 0.25) is 17.7 Å². The molecule has 222 valence electrons. The number of aliphatic imine (C=N–C) groups is 1. The molecular formula is C29H41N7O5. The summed E-state index contributed by atoms with van der Waals surface area (Å²) in [5.74, 6) is -3.48. The molecule has 0 radical (unpaired) electrons. The Kier molecular flexibility index (Phi) is 13.3. The predicted octanol–water partition coefficient (Wildman–Crippen LogP) is 0.0477. The zero-order valence-corrected chi connectivity index (χ0v) is 23.5. The summed E-state index contributed by atoms with van der Waals surface area (Å²) in [6, 6.07) is 14.2. The SMILES string of the molecule is CC(C)C(NC(=O)C(Cc1ccccc1)NC(=O)C(N)Cc1ccccc1)C(=O)NC(CCCN=C(N)N)C(=O)O. The third kappa shape index (κ3) is 11.7. The van der Waals surface area contributed by atoms with Gasteiger partial charge in [0.25, 0.3) is 0 Å². The van der Waals surface area contributed by atoms with Gasteiger partial charge >= 0.3 is 5.97 Å². The molecule has 3 amide bonds. The Morgan fingerprint density at radius 2 is 1.32 bits per heavy atom. The fourth-order valence-electron chi connectivity index (χ4n) is 4.11. The van der Waals surface area contributed by atoms with Crippen molar-refractivity contribution in [3.63, 3.8) is 0 Å². The first-order chi connectivity index (χ1) is 19.5. The van der Waals surface area contributed by atoms with Crippen LogP contribution in [0.2, 0.25) is 0 Å². The van der Waals surface area contributed by atoms with E-state index in [1.54, 1.807) is 13.8 Å². The van der Waals surface area contributed by atoms with Crippen LogP contribution in [-0.4, -0.2) is 65.5 Å². The van der Waals surface area contributed by atoms with E-state index in [1.165, 1.54) is 0 Å². The van der Waals surface area contributed by atoms with Gasteiger partial charge in [-0.05, 0) is 36.3 Å². The summed E-state index contributed by atoms with van der Waals surface area (Å²) in [5, 5.41) is 17.5. The summed E-state index contributed by atoms with van der Waals surface area (Å²) in [6.07, 6.45) is 0.847. The highest BCUT2D eigenvalue weighted by Gasteiger charge is 2.32. The molecule has 0 fully saturated rings. The molecule has 0 aliphatic carbocycles. The second kappa shape index (κ2) is 16.6. The monoisotopic (exact) mass is 567 g/mol. The third-order valence-electron chi connectivity index (χ3n) is 6.36. The maximum absolute atomic E-state index is 13.5. The number of guanidine groups is 1. The van der Waals surface area contributed by atoms with Crippen LogP contribution in [0.15, 0.2) is 65.7 Å². The van der Waals surface area contributed by atoms with Gasteiger partial charge in [0, 0.05) is 13.0 Å². The number of benzene rings is 2. The van der Waals surface area contributed by atoms with Gasteiger partial charge in [0.15, 0.2) is 5.96 Å². The minimum absolute atomic E-state index is 0.0859. The first-order valence-electron chi connectivity index (χ1n) is 13.5. The van der Waals surface area contributed by atoms with Crippen LogP contribution in [-0.2, 0) is 32.0 Å². The number of carbonyl (C=O) groups excluding carboxylic acids is 3. The van der Waals surface area contributed by atoms with Gasteiger partial charge in [-0.1, -0.05) is 74.5 Å². The zero-order chi connectivity index (χ0) is 30.4. The Morgan fingerprint density at radius 1 is 0.780 bits per heavy atom. The van der Waals surface area contributed by atoms with Gasteiger partial charge in [-0.2, -0.15) is 0 Å². The summed E-state index contributed by atoms with van der Waals surface area (Å²) in [4.78, 5) is 55.2. The van der Waals surface area contributed by atoms with E-state index in [0.29, 0.717) is 6.42 Å². The molecule has 0 heterocycles. The highest BCUT2D eigenvalue weighted by atomic mass is 16.4. The maximum Gasteiger partial charge on any atom is 0.326 e. The molecule has 41 heavy (non-hydrogen) atoms. The predicted molar refractivity (Wildman–Crippen MR) is 156 cm³/mol. The number of carboxylic acid groups (broad SMARTS) is 1. The van der Waals surface area contributed by atoms with E-state index in [4.69, 9.17) is 17.2 Å². The molecule has 10 N–H and O–H groups in total. The second-order valence-electron chi connectivity index (χ2n) is 10.1. The number of nitrogens with one attached hydrogen (secondary N) is 3. The van der Waals surface area contributed by atoms with E-state index in [-0.39, 0.29) is 37.7 Å².